The van der Waals surface area contributed by atoms with E-state index in [2.05, 4.69) is 20.4 Å². The molecule has 0 spiro atoms. The zero-order valence-electron chi connectivity index (χ0n) is 17.1. The van der Waals surface area contributed by atoms with Crippen LogP contribution in [0.2, 0.25) is 0 Å². The second-order valence-electron chi connectivity index (χ2n) is 7.39. The quantitative estimate of drug-likeness (QED) is 0.401. The van der Waals surface area contributed by atoms with Gasteiger partial charge >= 0.3 is 0 Å². The number of nitrogens with one attached hydrogen (secondary N) is 1. The summed E-state index contributed by atoms with van der Waals surface area (Å²) in [4.78, 5) is 22.7. The molecule has 0 saturated heterocycles. The van der Waals surface area contributed by atoms with Crippen molar-refractivity contribution in [3.05, 3.63) is 64.5 Å². The summed E-state index contributed by atoms with van der Waals surface area (Å²) in [6.07, 6.45) is 3.57. The van der Waals surface area contributed by atoms with Gasteiger partial charge in [-0.25, -0.2) is 0 Å². The van der Waals surface area contributed by atoms with Crippen molar-refractivity contribution in [3.63, 3.8) is 0 Å². The number of nitrogens with zero attached hydrogens (tertiary/aromatic N) is 3. The Morgan fingerprint density at radius 2 is 2.00 bits per heavy atom. The van der Waals surface area contributed by atoms with Gasteiger partial charge in [-0.1, -0.05) is 29.3 Å². The van der Waals surface area contributed by atoms with E-state index >= 15 is 0 Å². The zero-order chi connectivity index (χ0) is 20.9. The molecule has 4 aromatic rings. The highest BCUT2D eigenvalue weighted by molar-refractivity contribution is 7.13. The summed E-state index contributed by atoms with van der Waals surface area (Å²) < 4.78 is 5.32. The molecule has 0 atom stereocenters. The first-order valence-electron chi connectivity index (χ1n) is 10.1. The first-order valence-corrected chi connectivity index (χ1v) is 11.0. The molecule has 0 saturated carbocycles. The van der Waals surface area contributed by atoms with Gasteiger partial charge in [0.2, 0.25) is 11.7 Å². The van der Waals surface area contributed by atoms with Gasteiger partial charge in [-0.15, -0.1) is 11.3 Å². The van der Waals surface area contributed by atoms with Crippen LogP contribution in [0.15, 0.2) is 46.3 Å². The lowest BCUT2D eigenvalue weighted by atomic mass is 10.0. The summed E-state index contributed by atoms with van der Waals surface area (Å²) in [6, 6.07) is 11.8. The van der Waals surface area contributed by atoms with Crippen molar-refractivity contribution in [2.24, 2.45) is 0 Å². The maximum atomic E-state index is 12.7. The van der Waals surface area contributed by atoms with E-state index in [4.69, 9.17) is 4.52 Å². The second kappa shape index (κ2) is 9.17. The number of thiophene rings is 1. The number of carbonyl (C=O) groups is 1. The van der Waals surface area contributed by atoms with Crippen LogP contribution in [0.25, 0.3) is 21.6 Å². The maximum absolute atomic E-state index is 12.7. The zero-order valence-corrected chi connectivity index (χ0v) is 18.0. The lowest BCUT2D eigenvalue weighted by Gasteiger charge is -2.09. The van der Waals surface area contributed by atoms with Gasteiger partial charge in [-0.05, 0) is 56.3 Å². The Labute approximate surface area is 179 Å². The van der Waals surface area contributed by atoms with Crippen LogP contribution in [0.3, 0.4) is 0 Å². The van der Waals surface area contributed by atoms with E-state index in [9.17, 15) is 4.79 Å². The van der Waals surface area contributed by atoms with Crippen LogP contribution in [0.1, 0.15) is 46.8 Å². The standard InChI is InChI=1S/C23H24N4O2S/c1-15-9-10-19-17(13-15)18(14-16(2)25-19)23(28)24-11-5-3-4-8-21-26-22(27-29-21)20-7-6-12-30-20/h6-7,9-10,12-14H,3-5,8,11H2,1-2H3,(H,24,28). The summed E-state index contributed by atoms with van der Waals surface area (Å²) in [5.41, 5.74) is 3.50. The molecule has 0 bridgehead atoms. The highest BCUT2D eigenvalue weighted by Crippen LogP contribution is 2.22. The normalized spacial score (nSPS) is 11.1. The fourth-order valence-corrected chi connectivity index (χ4v) is 4.05. The molecule has 1 amide bonds. The van der Waals surface area contributed by atoms with Crippen LogP contribution in [-0.4, -0.2) is 27.6 Å². The van der Waals surface area contributed by atoms with Crippen LogP contribution in [0.5, 0.6) is 0 Å². The second-order valence-corrected chi connectivity index (χ2v) is 8.34. The van der Waals surface area contributed by atoms with Crippen LogP contribution < -0.4 is 5.32 Å². The van der Waals surface area contributed by atoms with E-state index in [-0.39, 0.29) is 5.91 Å². The van der Waals surface area contributed by atoms with E-state index in [1.807, 2.05) is 55.6 Å². The van der Waals surface area contributed by atoms with Crippen LogP contribution in [0.4, 0.5) is 0 Å². The van der Waals surface area contributed by atoms with Crippen molar-refractivity contribution >= 4 is 28.1 Å². The van der Waals surface area contributed by atoms with Gasteiger partial charge in [0.1, 0.15) is 0 Å². The molecule has 3 heterocycles. The topological polar surface area (TPSA) is 80.9 Å². The molecule has 0 aliphatic heterocycles. The number of carbonyl (C=O) groups excluding carboxylic acids is 1. The number of pyridine rings is 1. The molecule has 0 aliphatic carbocycles. The molecule has 30 heavy (non-hydrogen) atoms. The van der Waals surface area contributed by atoms with Crippen LogP contribution in [-0.2, 0) is 6.42 Å². The number of rotatable bonds is 8. The number of aromatic nitrogens is 3. The molecule has 1 N–H and O–H groups in total. The number of fused-ring (bicyclic) bond motifs is 1. The number of unbranched alkanes of at least 4 members (excludes halogenated alkanes) is 2. The summed E-state index contributed by atoms with van der Waals surface area (Å²) in [6.45, 7) is 4.57. The third-order valence-electron chi connectivity index (χ3n) is 4.90. The molecule has 0 fully saturated rings. The van der Waals surface area contributed by atoms with E-state index in [0.717, 1.165) is 52.7 Å². The fraction of sp³-hybridized carbons (Fsp3) is 0.304. The summed E-state index contributed by atoms with van der Waals surface area (Å²) >= 11 is 1.60. The van der Waals surface area contributed by atoms with Crippen molar-refractivity contribution in [2.45, 2.75) is 39.5 Å². The SMILES string of the molecule is Cc1ccc2nc(C)cc(C(=O)NCCCCCc3nc(-c4cccs4)no3)c2c1. The van der Waals surface area contributed by atoms with Crippen molar-refractivity contribution in [2.75, 3.05) is 6.54 Å². The van der Waals surface area contributed by atoms with Gasteiger partial charge in [0, 0.05) is 24.0 Å². The Morgan fingerprint density at radius 1 is 1.10 bits per heavy atom. The van der Waals surface area contributed by atoms with Gasteiger partial charge in [-0.3, -0.25) is 9.78 Å². The number of aryl methyl sites for hydroxylation is 3. The highest BCUT2D eigenvalue weighted by atomic mass is 32.1. The summed E-state index contributed by atoms with van der Waals surface area (Å²) in [5, 5.41) is 9.97. The van der Waals surface area contributed by atoms with Crippen LogP contribution >= 0.6 is 11.3 Å². The highest BCUT2D eigenvalue weighted by Gasteiger charge is 2.12. The Kier molecular flexibility index (Phi) is 6.18. The van der Waals surface area contributed by atoms with Crippen molar-refractivity contribution in [1.82, 2.24) is 20.4 Å². The van der Waals surface area contributed by atoms with Crippen molar-refractivity contribution in [1.29, 1.82) is 0 Å². The van der Waals surface area contributed by atoms with Crippen molar-refractivity contribution < 1.29 is 9.32 Å². The molecule has 1 aromatic carbocycles. The molecule has 0 aliphatic rings. The minimum Gasteiger partial charge on any atom is -0.352 e. The molecule has 6 nitrogen and oxygen atoms in total. The summed E-state index contributed by atoms with van der Waals surface area (Å²) in [5.74, 6) is 1.27. The molecule has 3 aromatic heterocycles. The third kappa shape index (κ3) is 4.74. The minimum absolute atomic E-state index is 0.0476. The van der Waals surface area contributed by atoms with E-state index in [1.165, 1.54) is 0 Å². The fourth-order valence-electron chi connectivity index (χ4n) is 3.40. The van der Waals surface area contributed by atoms with E-state index in [1.54, 1.807) is 11.3 Å². The minimum atomic E-state index is -0.0476. The molecule has 7 heteroatoms. The predicted molar refractivity (Wildman–Crippen MR) is 119 cm³/mol. The lowest BCUT2D eigenvalue weighted by Crippen LogP contribution is -2.25. The lowest BCUT2D eigenvalue weighted by molar-refractivity contribution is 0.0954. The van der Waals surface area contributed by atoms with Gasteiger partial charge in [0.25, 0.3) is 5.91 Å². The average molecular weight is 421 g/mol. The molecule has 0 radical (unpaired) electrons. The molecule has 0 unspecified atom stereocenters. The first kappa shape index (κ1) is 20.2. The Hall–Kier alpha value is -3.06. The summed E-state index contributed by atoms with van der Waals surface area (Å²) in [7, 11) is 0. The van der Waals surface area contributed by atoms with E-state index in [0.29, 0.717) is 23.8 Å². The predicted octanol–water partition coefficient (Wildman–Crippen LogP) is 5.11. The number of benzene rings is 1. The van der Waals surface area contributed by atoms with Gasteiger partial charge < -0.3 is 9.84 Å². The van der Waals surface area contributed by atoms with Crippen molar-refractivity contribution in [3.8, 4) is 10.7 Å². The monoisotopic (exact) mass is 420 g/mol. The molecule has 4 rings (SSSR count). The number of amides is 1. The van der Waals surface area contributed by atoms with Crippen LogP contribution in [0, 0.1) is 13.8 Å². The Balaban J connectivity index is 1.25. The molecule has 154 valence electrons. The smallest absolute Gasteiger partial charge is 0.252 e. The Morgan fingerprint density at radius 3 is 2.83 bits per heavy atom. The van der Waals surface area contributed by atoms with Gasteiger partial charge in [0.05, 0.1) is 16.0 Å². The number of hydrogen-bond donors (Lipinski definition) is 1. The number of hydrogen-bond acceptors (Lipinski definition) is 6. The maximum Gasteiger partial charge on any atom is 0.252 e. The van der Waals surface area contributed by atoms with E-state index < -0.39 is 0 Å². The molecular weight excluding hydrogens is 396 g/mol. The average Bonchev–Trinajstić information content (AvgIpc) is 3.42. The van der Waals surface area contributed by atoms with Gasteiger partial charge in [0.15, 0.2) is 0 Å². The largest absolute Gasteiger partial charge is 0.352 e. The van der Waals surface area contributed by atoms with Gasteiger partial charge in [-0.2, -0.15) is 4.98 Å². The first-order chi connectivity index (χ1) is 14.6. The Bertz CT molecular complexity index is 1150. The molecular formula is C23H24N4O2S. The third-order valence-corrected chi connectivity index (χ3v) is 5.77.